The first-order chi connectivity index (χ1) is 10.6. The zero-order valence-corrected chi connectivity index (χ0v) is 13.8. The molecule has 1 amide bonds. The lowest BCUT2D eigenvalue weighted by molar-refractivity contribution is -0.118. The third-order valence-corrected chi connectivity index (χ3v) is 4.64. The smallest absolute Gasteiger partial charge is 0.218 e. The van der Waals surface area contributed by atoms with Gasteiger partial charge in [-0.05, 0) is 30.2 Å². The number of anilines is 1. The largest absolute Gasteiger partial charge is 0.370 e. The molecule has 1 unspecified atom stereocenters. The first-order valence-corrected chi connectivity index (χ1v) is 7.83. The van der Waals surface area contributed by atoms with Gasteiger partial charge in [0.2, 0.25) is 5.91 Å². The van der Waals surface area contributed by atoms with Crippen molar-refractivity contribution < 1.29 is 4.79 Å². The molecule has 0 spiro atoms. The Morgan fingerprint density at radius 1 is 1.30 bits per heavy atom. The van der Waals surface area contributed by atoms with Crippen molar-refractivity contribution in [1.29, 1.82) is 0 Å². The van der Waals surface area contributed by atoms with Crippen LogP contribution in [0, 0.1) is 5.92 Å². The maximum Gasteiger partial charge on any atom is 0.218 e. The Labute approximate surface area is 142 Å². The van der Waals surface area contributed by atoms with Gasteiger partial charge in [0.25, 0.3) is 0 Å². The average molecular weight is 335 g/mol. The number of aromatic nitrogens is 2. The van der Waals surface area contributed by atoms with E-state index in [9.17, 15) is 4.79 Å². The summed E-state index contributed by atoms with van der Waals surface area (Å²) in [5.41, 5.74) is 14.3. The number of H-pyrrole nitrogens is 1. The molecule has 0 bridgehead atoms. The van der Waals surface area contributed by atoms with Crippen LogP contribution in [0.2, 0.25) is 0 Å². The number of nitrogens with zero attached hydrogens (tertiary/aromatic N) is 1. The number of hydrogen-bond acceptors (Lipinski definition) is 3. The second kappa shape index (κ2) is 7.51. The minimum atomic E-state index is -0.240. The van der Waals surface area contributed by atoms with Crippen LogP contribution in [0.25, 0.3) is 11.3 Å². The molecule has 1 aromatic carbocycles. The van der Waals surface area contributed by atoms with Crippen molar-refractivity contribution in [3.05, 3.63) is 36.0 Å². The zero-order valence-electron chi connectivity index (χ0n) is 13.0. The Hall–Kier alpha value is -2.01. The van der Waals surface area contributed by atoms with Gasteiger partial charge in [-0.1, -0.05) is 37.1 Å². The molecule has 5 nitrogen and oxygen atoms in total. The van der Waals surface area contributed by atoms with E-state index in [1.54, 1.807) is 6.20 Å². The summed E-state index contributed by atoms with van der Waals surface area (Å²) >= 11 is 0. The number of halogens is 1. The van der Waals surface area contributed by atoms with Crippen LogP contribution in [0.1, 0.15) is 43.6 Å². The molecule has 0 aliphatic heterocycles. The van der Waals surface area contributed by atoms with Crippen LogP contribution in [-0.2, 0) is 4.79 Å². The number of nitrogen functional groups attached to an aromatic ring is 1. The number of carbonyl (C=O) groups is 1. The Bertz CT molecular complexity index is 664. The Morgan fingerprint density at radius 3 is 2.61 bits per heavy atom. The van der Waals surface area contributed by atoms with E-state index >= 15 is 0 Å². The first-order valence-electron chi connectivity index (χ1n) is 7.83. The number of benzene rings is 1. The van der Waals surface area contributed by atoms with Crippen molar-refractivity contribution in [3.63, 3.8) is 0 Å². The summed E-state index contributed by atoms with van der Waals surface area (Å²) in [6, 6.07) is 8.15. The Morgan fingerprint density at radius 2 is 2.00 bits per heavy atom. The van der Waals surface area contributed by atoms with Crippen molar-refractivity contribution in [2.45, 2.75) is 38.0 Å². The van der Waals surface area contributed by atoms with Gasteiger partial charge < -0.3 is 16.5 Å². The van der Waals surface area contributed by atoms with E-state index in [2.05, 4.69) is 16.0 Å². The second-order valence-corrected chi connectivity index (χ2v) is 6.09. The predicted octanol–water partition coefficient (Wildman–Crippen LogP) is 3.23. The van der Waals surface area contributed by atoms with E-state index in [1.807, 2.05) is 18.2 Å². The molecule has 1 fully saturated rings. The van der Waals surface area contributed by atoms with Crippen LogP contribution < -0.4 is 11.5 Å². The molecule has 3 rings (SSSR count). The predicted molar refractivity (Wildman–Crippen MR) is 94.2 cm³/mol. The van der Waals surface area contributed by atoms with Crippen LogP contribution in [0.15, 0.2) is 30.5 Å². The van der Waals surface area contributed by atoms with Gasteiger partial charge in [-0.2, -0.15) is 0 Å². The highest BCUT2D eigenvalue weighted by molar-refractivity contribution is 5.85. The quantitative estimate of drug-likeness (QED) is 0.782. The topological polar surface area (TPSA) is 97.8 Å². The molecule has 1 heterocycles. The maximum absolute atomic E-state index is 11.6. The van der Waals surface area contributed by atoms with E-state index in [-0.39, 0.29) is 24.2 Å². The van der Waals surface area contributed by atoms with Crippen molar-refractivity contribution in [1.82, 2.24) is 9.97 Å². The van der Waals surface area contributed by atoms with Gasteiger partial charge >= 0.3 is 0 Å². The zero-order chi connectivity index (χ0) is 15.5. The molecule has 1 aromatic heterocycles. The van der Waals surface area contributed by atoms with Crippen LogP contribution in [0.4, 0.5) is 5.95 Å². The molecule has 1 aliphatic carbocycles. The summed E-state index contributed by atoms with van der Waals surface area (Å²) in [6.45, 7) is 0. The summed E-state index contributed by atoms with van der Waals surface area (Å²) in [5.74, 6) is 0.850. The molecule has 5 N–H and O–H groups in total. The molecule has 1 saturated carbocycles. The fourth-order valence-electron chi connectivity index (χ4n) is 3.65. The van der Waals surface area contributed by atoms with E-state index in [1.165, 1.54) is 12.8 Å². The third-order valence-electron chi connectivity index (χ3n) is 4.64. The van der Waals surface area contributed by atoms with Gasteiger partial charge in [-0.25, -0.2) is 4.98 Å². The monoisotopic (exact) mass is 334 g/mol. The van der Waals surface area contributed by atoms with Crippen molar-refractivity contribution in [2.75, 3.05) is 5.73 Å². The minimum absolute atomic E-state index is 0. The van der Waals surface area contributed by atoms with Crippen LogP contribution in [0.3, 0.4) is 0 Å². The summed E-state index contributed by atoms with van der Waals surface area (Å²) < 4.78 is 0. The number of primary amides is 1. The number of amides is 1. The van der Waals surface area contributed by atoms with Gasteiger partial charge in [0.15, 0.2) is 5.95 Å². The lowest BCUT2D eigenvalue weighted by Crippen LogP contribution is -2.20. The number of nitrogens with one attached hydrogen (secondary N) is 1. The summed E-state index contributed by atoms with van der Waals surface area (Å²) in [6.07, 6.45) is 6.93. The lowest BCUT2D eigenvalue weighted by atomic mass is 9.80. The third kappa shape index (κ3) is 3.85. The summed E-state index contributed by atoms with van der Waals surface area (Å²) in [7, 11) is 0. The van der Waals surface area contributed by atoms with E-state index in [4.69, 9.17) is 11.5 Å². The van der Waals surface area contributed by atoms with E-state index in [0.29, 0.717) is 18.3 Å². The number of imidazole rings is 1. The van der Waals surface area contributed by atoms with Gasteiger partial charge in [-0.15, -0.1) is 12.4 Å². The van der Waals surface area contributed by atoms with Gasteiger partial charge in [-0.3, -0.25) is 4.79 Å². The fraction of sp³-hybridized carbons (Fsp3) is 0.412. The van der Waals surface area contributed by atoms with Crippen molar-refractivity contribution in [3.8, 4) is 11.3 Å². The standard InChI is InChI=1S/C17H22N4O.ClH/c18-16(22)9-14(11-5-1-2-6-11)12-7-3-4-8-13(12)15-10-20-17(19)21-15;/h3-4,7-8,10-11,14H,1-2,5-6,9H2,(H2,18,22)(H3,19,20,21);1H. The maximum atomic E-state index is 11.6. The number of nitrogens with two attached hydrogens (primary N) is 2. The molecule has 23 heavy (non-hydrogen) atoms. The van der Waals surface area contributed by atoms with Crippen LogP contribution in [0.5, 0.6) is 0 Å². The number of aromatic amines is 1. The highest BCUT2D eigenvalue weighted by atomic mass is 35.5. The summed E-state index contributed by atoms with van der Waals surface area (Å²) in [4.78, 5) is 18.7. The fourth-order valence-corrected chi connectivity index (χ4v) is 3.65. The average Bonchev–Trinajstić information content (AvgIpc) is 3.16. The molecule has 2 aromatic rings. The SMILES string of the molecule is Cl.NC(=O)CC(c1ccccc1-c1cnc(N)[nH]1)C1CCCC1. The van der Waals surface area contributed by atoms with Crippen LogP contribution >= 0.6 is 12.4 Å². The molecule has 1 aliphatic rings. The van der Waals surface area contributed by atoms with E-state index < -0.39 is 0 Å². The van der Waals surface area contributed by atoms with Crippen molar-refractivity contribution in [2.24, 2.45) is 11.7 Å². The highest BCUT2D eigenvalue weighted by Crippen LogP contribution is 2.42. The summed E-state index contributed by atoms with van der Waals surface area (Å²) in [5, 5.41) is 0. The molecule has 124 valence electrons. The van der Waals surface area contributed by atoms with Gasteiger partial charge in [0.1, 0.15) is 0 Å². The number of rotatable bonds is 5. The molecule has 1 atom stereocenters. The Kier molecular flexibility index (Phi) is 5.66. The first kappa shape index (κ1) is 17.3. The normalized spacial score (nSPS) is 16.0. The molecular formula is C17H23ClN4O. The molecule has 0 radical (unpaired) electrons. The van der Waals surface area contributed by atoms with Crippen molar-refractivity contribution >= 4 is 24.3 Å². The molecular weight excluding hydrogens is 312 g/mol. The second-order valence-electron chi connectivity index (χ2n) is 6.09. The Balaban J connectivity index is 0.00000192. The van der Waals surface area contributed by atoms with Gasteiger partial charge in [0, 0.05) is 12.0 Å². The lowest BCUT2D eigenvalue weighted by Gasteiger charge is -2.25. The highest BCUT2D eigenvalue weighted by Gasteiger charge is 2.29. The van der Waals surface area contributed by atoms with Gasteiger partial charge in [0.05, 0.1) is 11.9 Å². The van der Waals surface area contributed by atoms with E-state index in [0.717, 1.165) is 29.7 Å². The molecule has 0 saturated heterocycles. The number of carbonyl (C=O) groups excluding carboxylic acids is 1. The number of hydrogen-bond donors (Lipinski definition) is 3. The minimum Gasteiger partial charge on any atom is -0.370 e. The molecule has 6 heteroatoms. The van der Waals surface area contributed by atoms with Crippen LogP contribution in [-0.4, -0.2) is 15.9 Å².